The molecule has 1 aliphatic rings. The third kappa shape index (κ3) is 7.56. The van der Waals surface area contributed by atoms with Crippen molar-refractivity contribution in [2.45, 2.75) is 37.5 Å². The minimum Gasteiger partial charge on any atom is -0.495 e. The largest absolute Gasteiger partial charge is 0.495 e. The Morgan fingerprint density at radius 2 is 1.86 bits per heavy atom. The summed E-state index contributed by atoms with van der Waals surface area (Å²) in [5.41, 5.74) is 1.34. The summed E-state index contributed by atoms with van der Waals surface area (Å²) < 4.78 is 74.3. The van der Waals surface area contributed by atoms with Crippen LogP contribution in [0.5, 0.6) is 5.75 Å². The van der Waals surface area contributed by atoms with E-state index in [0.717, 1.165) is 9.47 Å². The number of rotatable bonds is 8. The van der Waals surface area contributed by atoms with Crippen molar-refractivity contribution in [3.8, 4) is 17.6 Å². The van der Waals surface area contributed by atoms with E-state index in [0.29, 0.717) is 27.8 Å². The molecule has 14 heteroatoms. The van der Waals surface area contributed by atoms with E-state index in [1.165, 1.54) is 19.2 Å². The molecule has 1 saturated heterocycles. The van der Waals surface area contributed by atoms with Crippen molar-refractivity contribution in [2.24, 2.45) is 0 Å². The van der Waals surface area contributed by atoms with Gasteiger partial charge in [0.2, 0.25) is 0 Å². The molecule has 0 radical (unpaired) electrons. The molecule has 0 aliphatic carbocycles. The molecule has 1 aliphatic heterocycles. The Morgan fingerprint density at radius 3 is 2.48 bits per heavy atom. The van der Waals surface area contributed by atoms with Gasteiger partial charge >= 0.3 is 12.3 Å². The molecule has 1 fully saturated rings. The number of ether oxygens (including phenoxy) is 1. The van der Waals surface area contributed by atoms with Crippen LogP contribution in [-0.4, -0.2) is 89.3 Å². The number of fused-ring (bicyclic) bond motifs is 1. The third-order valence-corrected chi connectivity index (χ3v) is 8.50. The van der Waals surface area contributed by atoms with Crippen LogP contribution < -0.4 is 20.7 Å². The van der Waals surface area contributed by atoms with Crippen LogP contribution in [0.15, 0.2) is 42.5 Å². The van der Waals surface area contributed by atoms with E-state index >= 15 is 0 Å². The number of hydrogen-bond acceptors (Lipinski definition) is 8. The molecular weight excluding hydrogens is 579 g/mol. The fraction of sp³-hybridized carbons (Fsp3) is 0.429. The van der Waals surface area contributed by atoms with E-state index in [9.17, 15) is 37.4 Å². The van der Waals surface area contributed by atoms with Crippen molar-refractivity contribution in [3.05, 3.63) is 48.2 Å². The molecule has 2 atom stereocenters. The topological polar surface area (TPSA) is 119 Å². The standard InChI is InChI=1S/C28H33F4N4O5P/c1-41-26-15-19(42(2,3)40)9-10-24(26)33-12-5-6-18-14-20-22(7-4-8-25(20)36(18)17-27(30,31)32)34-23-11-13-35(16-21(23)29)28(37,38)39/h4,7-10,14-15,21,23,33-34,37-39H,11-13,16-17H2,1-3H3. The van der Waals surface area contributed by atoms with Crippen LogP contribution in [0.25, 0.3) is 10.9 Å². The van der Waals surface area contributed by atoms with Gasteiger partial charge in [-0.15, -0.1) is 0 Å². The van der Waals surface area contributed by atoms with Crippen molar-refractivity contribution in [1.29, 1.82) is 0 Å². The summed E-state index contributed by atoms with van der Waals surface area (Å²) in [5.74, 6) is 6.11. The maximum Gasteiger partial charge on any atom is 0.406 e. The Balaban J connectivity index is 1.58. The molecule has 0 bridgehead atoms. The van der Waals surface area contributed by atoms with Crippen molar-refractivity contribution in [1.82, 2.24) is 9.47 Å². The Bertz CT molecular complexity index is 1540. The van der Waals surface area contributed by atoms with Crippen molar-refractivity contribution in [3.63, 3.8) is 0 Å². The van der Waals surface area contributed by atoms with Gasteiger partial charge < -0.3 is 39.8 Å². The number of anilines is 2. The first-order valence-corrected chi connectivity index (χ1v) is 15.6. The van der Waals surface area contributed by atoms with E-state index in [1.807, 2.05) is 0 Å². The summed E-state index contributed by atoms with van der Waals surface area (Å²) in [6.45, 7) is 1.60. The molecule has 42 heavy (non-hydrogen) atoms. The third-order valence-electron chi connectivity index (χ3n) is 6.98. The first kappa shape index (κ1) is 31.7. The molecule has 5 N–H and O–H groups in total. The van der Waals surface area contributed by atoms with Crippen LogP contribution in [0.4, 0.5) is 28.9 Å². The first-order chi connectivity index (χ1) is 19.6. The van der Waals surface area contributed by atoms with Gasteiger partial charge in [0.25, 0.3) is 0 Å². The second kappa shape index (κ2) is 12.1. The number of aliphatic hydroxyl groups is 3. The number of nitrogens with one attached hydrogen (secondary N) is 2. The molecule has 1 aromatic heterocycles. The molecular formula is C28H33F4N4O5P. The molecule has 2 aromatic carbocycles. The number of nitrogens with zero attached hydrogens (tertiary/aromatic N) is 2. The second-order valence-corrected chi connectivity index (χ2v) is 13.7. The predicted octanol–water partition coefficient (Wildman–Crippen LogP) is 3.34. The molecule has 2 heterocycles. The Hall–Kier alpha value is -3.27. The predicted molar refractivity (Wildman–Crippen MR) is 153 cm³/mol. The SMILES string of the molecule is COc1cc(P(C)(C)=O)ccc1NCC#Cc1cc2c(NC3CCN(C(O)(O)O)CC3F)cccc2n1CC(F)(F)F. The molecule has 3 aromatic rings. The number of benzene rings is 2. The molecule has 0 spiro atoms. The fourth-order valence-electron chi connectivity index (χ4n) is 4.84. The van der Waals surface area contributed by atoms with Crippen LogP contribution in [0.2, 0.25) is 0 Å². The van der Waals surface area contributed by atoms with Crippen molar-refractivity contribution in [2.75, 3.05) is 50.7 Å². The highest BCUT2D eigenvalue weighted by molar-refractivity contribution is 7.70. The zero-order valence-electron chi connectivity index (χ0n) is 23.2. The van der Waals surface area contributed by atoms with Crippen LogP contribution in [0, 0.1) is 11.8 Å². The molecule has 2 unspecified atom stereocenters. The molecule has 0 saturated carbocycles. The molecule has 228 valence electrons. The van der Waals surface area contributed by atoms with E-state index in [4.69, 9.17) is 4.74 Å². The zero-order chi connectivity index (χ0) is 30.9. The van der Waals surface area contributed by atoms with Crippen LogP contribution in [-0.2, 0) is 11.1 Å². The number of alkyl halides is 4. The maximum atomic E-state index is 14.9. The quantitative estimate of drug-likeness (QED) is 0.114. The highest BCUT2D eigenvalue weighted by Gasteiger charge is 2.38. The normalized spacial score (nSPS) is 18.4. The van der Waals surface area contributed by atoms with Gasteiger partial charge in [0.15, 0.2) is 0 Å². The van der Waals surface area contributed by atoms with Crippen molar-refractivity contribution < 1.29 is 42.2 Å². The average Bonchev–Trinajstić information content (AvgIpc) is 3.23. The van der Waals surface area contributed by atoms with Gasteiger partial charge in [0.1, 0.15) is 25.6 Å². The second-order valence-electron chi connectivity index (χ2n) is 10.5. The molecule has 0 amide bonds. The number of piperidine rings is 1. The first-order valence-electron chi connectivity index (χ1n) is 13.0. The fourth-order valence-corrected chi connectivity index (χ4v) is 5.70. The van der Waals surface area contributed by atoms with Gasteiger partial charge in [-0.05, 0) is 62.1 Å². The minimum absolute atomic E-state index is 0.0277. The smallest absolute Gasteiger partial charge is 0.406 e. The van der Waals surface area contributed by atoms with Crippen LogP contribution in [0.1, 0.15) is 12.1 Å². The summed E-state index contributed by atoms with van der Waals surface area (Å²) in [6, 6.07) is 10.5. The van der Waals surface area contributed by atoms with E-state index in [2.05, 4.69) is 22.5 Å². The number of halogens is 4. The number of aromatic nitrogens is 1. The summed E-state index contributed by atoms with van der Waals surface area (Å²) in [7, 11) is -1.03. The Kier molecular flexibility index (Phi) is 9.16. The van der Waals surface area contributed by atoms with E-state index in [-0.39, 0.29) is 30.7 Å². The molecule has 4 rings (SSSR count). The number of methoxy groups -OCH3 is 1. The lowest BCUT2D eigenvalue weighted by atomic mass is 10.0. The lowest BCUT2D eigenvalue weighted by molar-refractivity contribution is -0.397. The highest BCUT2D eigenvalue weighted by Crippen LogP contribution is 2.37. The van der Waals surface area contributed by atoms with Crippen LogP contribution in [0.3, 0.4) is 0 Å². The summed E-state index contributed by atoms with van der Waals surface area (Å²) in [5, 5.41) is 35.2. The van der Waals surface area contributed by atoms with Gasteiger partial charge in [-0.3, -0.25) is 0 Å². The van der Waals surface area contributed by atoms with E-state index in [1.54, 1.807) is 43.7 Å². The summed E-state index contributed by atoms with van der Waals surface area (Å²) in [4.78, 5) is 0.772. The summed E-state index contributed by atoms with van der Waals surface area (Å²) >= 11 is 0. The van der Waals surface area contributed by atoms with Crippen LogP contribution >= 0.6 is 7.14 Å². The lowest BCUT2D eigenvalue weighted by Crippen LogP contribution is -2.57. The Labute approximate surface area is 240 Å². The van der Waals surface area contributed by atoms with E-state index < -0.39 is 44.7 Å². The van der Waals surface area contributed by atoms with Gasteiger partial charge in [0.05, 0.1) is 36.6 Å². The maximum absolute atomic E-state index is 14.9. The van der Waals surface area contributed by atoms with Gasteiger partial charge in [-0.1, -0.05) is 12.0 Å². The lowest BCUT2D eigenvalue weighted by Gasteiger charge is -2.38. The van der Waals surface area contributed by atoms with Crippen molar-refractivity contribution >= 4 is 34.7 Å². The average molecular weight is 613 g/mol. The van der Waals surface area contributed by atoms with Gasteiger partial charge in [-0.2, -0.15) is 13.2 Å². The number of hydrogen-bond donors (Lipinski definition) is 5. The van der Waals surface area contributed by atoms with Gasteiger partial charge in [0, 0.05) is 29.5 Å². The minimum atomic E-state index is -4.53. The highest BCUT2D eigenvalue weighted by atomic mass is 31.2. The zero-order valence-corrected chi connectivity index (χ0v) is 24.1. The van der Waals surface area contributed by atoms with Gasteiger partial charge in [-0.25, -0.2) is 9.29 Å². The Morgan fingerprint density at radius 1 is 1.12 bits per heavy atom. The number of likely N-dealkylation sites (tertiary alicyclic amines) is 1. The monoisotopic (exact) mass is 612 g/mol. The summed E-state index contributed by atoms with van der Waals surface area (Å²) in [6.07, 6.45) is -9.17. The molecule has 9 nitrogen and oxygen atoms in total.